The molecule has 4 aromatic heterocycles. The van der Waals surface area contributed by atoms with Crippen LogP contribution in [0.4, 0.5) is 0 Å². The van der Waals surface area contributed by atoms with Crippen LogP contribution in [0.3, 0.4) is 0 Å². The van der Waals surface area contributed by atoms with Crippen LogP contribution in [0.25, 0.3) is 37.2 Å². The summed E-state index contributed by atoms with van der Waals surface area (Å²) >= 11 is 1.20. The molecule has 0 aliphatic heterocycles. The average molecular weight is 430 g/mol. The van der Waals surface area contributed by atoms with Crippen LogP contribution in [-0.2, 0) is 7.05 Å². The standard InChI is InChI=1S/C21H14N6O3S/c1-26-18-12(9-24-26)8-23-10-16(18)27-20(28)19-15(25-21(27)29)6-17(31-19)14-5-13(30-2)4-3-11(14)7-22/h3-6,8-10H,1-2H3,(H,25,29). The van der Waals surface area contributed by atoms with Gasteiger partial charge in [-0.05, 0) is 24.3 Å². The number of aromatic nitrogens is 5. The highest BCUT2D eigenvalue weighted by molar-refractivity contribution is 7.22. The van der Waals surface area contributed by atoms with Crippen LogP contribution in [0.1, 0.15) is 5.56 Å². The summed E-state index contributed by atoms with van der Waals surface area (Å²) in [5.41, 5.74) is 1.40. The number of ether oxygens (including phenoxy) is 1. The number of rotatable bonds is 3. The molecule has 9 nitrogen and oxygen atoms in total. The van der Waals surface area contributed by atoms with E-state index >= 15 is 0 Å². The third kappa shape index (κ3) is 2.83. The minimum atomic E-state index is -0.580. The van der Waals surface area contributed by atoms with Gasteiger partial charge in [0.15, 0.2) is 0 Å². The van der Waals surface area contributed by atoms with E-state index in [1.165, 1.54) is 17.5 Å². The maximum absolute atomic E-state index is 13.4. The van der Waals surface area contributed by atoms with Gasteiger partial charge in [0.2, 0.25) is 0 Å². The zero-order valence-corrected chi connectivity index (χ0v) is 17.2. The van der Waals surface area contributed by atoms with Crippen LogP contribution in [0.15, 0.2) is 52.4 Å². The Balaban J connectivity index is 1.79. The Morgan fingerprint density at radius 2 is 2.03 bits per heavy atom. The van der Waals surface area contributed by atoms with Gasteiger partial charge in [-0.2, -0.15) is 10.4 Å². The van der Waals surface area contributed by atoms with Crippen LogP contribution >= 0.6 is 11.3 Å². The van der Waals surface area contributed by atoms with Crippen LogP contribution < -0.4 is 16.0 Å². The molecule has 1 N–H and O–H groups in total. The van der Waals surface area contributed by atoms with Gasteiger partial charge in [-0.25, -0.2) is 9.36 Å². The van der Waals surface area contributed by atoms with Gasteiger partial charge in [0.05, 0.1) is 47.9 Å². The molecule has 10 heteroatoms. The molecule has 152 valence electrons. The van der Waals surface area contributed by atoms with E-state index in [0.29, 0.717) is 48.6 Å². The number of pyridine rings is 1. The molecule has 0 saturated heterocycles. The molecule has 0 aliphatic carbocycles. The molecule has 31 heavy (non-hydrogen) atoms. The Morgan fingerprint density at radius 3 is 2.81 bits per heavy atom. The van der Waals surface area contributed by atoms with E-state index in [0.717, 1.165) is 4.57 Å². The molecular weight excluding hydrogens is 416 g/mol. The minimum absolute atomic E-state index is 0.347. The van der Waals surface area contributed by atoms with E-state index in [4.69, 9.17) is 4.74 Å². The summed E-state index contributed by atoms with van der Waals surface area (Å²) in [5.74, 6) is 0.589. The average Bonchev–Trinajstić information content (AvgIpc) is 3.37. The van der Waals surface area contributed by atoms with Crippen molar-refractivity contribution in [1.29, 1.82) is 5.26 Å². The number of nitriles is 1. The number of hydrogen-bond donors (Lipinski definition) is 1. The highest BCUT2D eigenvalue weighted by atomic mass is 32.1. The number of benzene rings is 1. The summed E-state index contributed by atoms with van der Waals surface area (Å²) in [5, 5.41) is 14.4. The van der Waals surface area contributed by atoms with E-state index in [-0.39, 0.29) is 0 Å². The van der Waals surface area contributed by atoms with Crippen molar-refractivity contribution < 1.29 is 4.74 Å². The Morgan fingerprint density at radius 1 is 1.19 bits per heavy atom. The van der Waals surface area contributed by atoms with Gasteiger partial charge in [0.25, 0.3) is 5.56 Å². The predicted molar refractivity (Wildman–Crippen MR) is 117 cm³/mol. The summed E-state index contributed by atoms with van der Waals surface area (Å²) in [6.45, 7) is 0. The quantitative estimate of drug-likeness (QED) is 0.470. The van der Waals surface area contributed by atoms with Gasteiger partial charge >= 0.3 is 5.69 Å². The number of aromatic amines is 1. The Labute approximate surface area is 178 Å². The number of hydrogen-bond acceptors (Lipinski definition) is 7. The Kier molecular flexibility index (Phi) is 4.20. The van der Waals surface area contributed by atoms with Gasteiger partial charge in [-0.15, -0.1) is 11.3 Å². The SMILES string of the molecule is COc1ccc(C#N)c(-c2cc3[nH]c(=O)n(-c4cncc5cnn(C)c45)c(=O)c3s2)c1. The lowest BCUT2D eigenvalue weighted by atomic mass is 10.1. The highest BCUT2D eigenvalue weighted by Crippen LogP contribution is 2.35. The predicted octanol–water partition coefficient (Wildman–Crippen LogP) is 2.57. The second-order valence-electron chi connectivity index (χ2n) is 6.81. The third-order valence-corrected chi connectivity index (χ3v) is 6.20. The first-order valence-electron chi connectivity index (χ1n) is 9.15. The fourth-order valence-corrected chi connectivity index (χ4v) is 4.66. The fraction of sp³-hybridized carbons (Fsp3) is 0.0952. The number of nitrogens with zero attached hydrogens (tertiary/aromatic N) is 5. The zero-order valence-electron chi connectivity index (χ0n) is 16.4. The Bertz CT molecular complexity index is 1650. The molecular formula is C21H14N6O3S. The first-order valence-corrected chi connectivity index (χ1v) is 9.97. The number of methoxy groups -OCH3 is 1. The maximum atomic E-state index is 13.4. The van der Waals surface area contributed by atoms with Crippen molar-refractivity contribution in [3.05, 3.63) is 69.3 Å². The molecule has 1 aromatic carbocycles. The van der Waals surface area contributed by atoms with Gasteiger partial charge < -0.3 is 9.72 Å². The zero-order chi connectivity index (χ0) is 21.7. The van der Waals surface area contributed by atoms with E-state index in [1.807, 2.05) is 0 Å². The lowest BCUT2D eigenvalue weighted by molar-refractivity contribution is 0.415. The van der Waals surface area contributed by atoms with E-state index in [1.54, 1.807) is 55.5 Å². The Hall–Kier alpha value is -4.23. The van der Waals surface area contributed by atoms with Crippen LogP contribution in [0, 0.1) is 11.3 Å². The van der Waals surface area contributed by atoms with Gasteiger partial charge in [0, 0.05) is 29.1 Å². The first-order chi connectivity index (χ1) is 15.0. The van der Waals surface area contributed by atoms with Crippen LogP contribution in [0.5, 0.6) is 5.75 Å². The van der Waals surface area contributed by atoms with Gasteiger partial charge in [-0.1, -0.05) is 0 Å². The number of fused-ring (bicyclic) bond motifs is 2. The van der Waals surface area contributed by atoms with Crippen molar-refractivity contribution >= 4 is 32.5 Å². The third-order valence-electron chi connectivity index (χ3n) is 5.05. The smallest absolute Gasteiger partial charge is 0.333 e. The van der Waals surface area contributed by atoms with E-state index < -0.39 is 11.2 Å². The maximum Gasteiger partial charge on any atom is 0.333 e. The van der Waals surface area contributed by atoms with Crippen molar-refractivity contribution in [2.75, 3.05) is 7.11 Å². The molecule has 0 atom stereocenters. The fourth-order valence-electron chi connectivity index (χ4n) is 3.59. The highest BCUT2D eigenvalue weighted by Gasteiger charge is 2.18. The van der Waals surface area contributed by atoms with E-state index in [2.05, 4.69) is 21.1 Å². The molecule has 0 fully saturated rings. The molecule has 4 heterocycles. The lowest BCUT2D eigenvalue weighted by Crippen LogP contribution is -2.33. The second-order valence-corrected chi connectivity index (χ2v) is 7.86. The molecule has 5 aromatic rings. The normalized spacial score (nSPS) is 11.1. The summed E-state index contributed by atoms with van der Waals surface area (Å²) < 4.78 is 8.29. The van der Waals surface area contributed by atoms with Gasteiger partial charge in [0.1, 0.15) is 10.4 Å². The number of nitrogens with one attached hydrogen (secondary N) is 1. The summed E-state index contributed by atoms with van der Waals surface area (Å²) in [7, 11) is 3.28. The molecule has 0 unspecified atom stereocenters. The molecule has 0 aliphatic rings. The minimum Gasteiger partial charge on any atom is -0.497 e. The molecule has 0 radical (unpaired) electrons. The molecule has 0 spiro atoms. The van der Waals surface area contributed by atoms with Crippen molar-refractivity contribution in [3.63, 3.8) is 0 Å². The first kappa shape index (κ1) is 18.8. The molecule has 5 rings (SSSR count). The second kappa shape index (κ2) is 6.93. The molecule has 0 bridgehead atoms. The van der Waals surface area contributed by atoms with Crippen LogP contribution in [-0.4, -0.2) is 31.4 Å². The molecule has 0 amide bonds. The van der Waals surface area contributed by atoms with E-state index in [9.17, 15) is 14.9 Å². The van der Waals surface area contributed by atoms with Gasteiger partial charge in [-0.3, -0.25) is 14.5 Å². The number of aryl methyl sites for hydroxylation is 1. The largest absolute Gasteiger partial charge is 0.497 e. The summed E-state index contributed by atoms with van der Waals surface area (Å²) in [6, 6.07) is 8.95. The van der Waals surface area contributed by atoms with Crippen molar-refractivity contribution in [1.82, 2.24) is 24.3 Å². The lowest BCUT2D eigenvalue weighted by Gasteiger charge is -2.06. The topological polar surface area (TPSA) is 119 Å². The summed E-state index contributed by atoms with van der Waals surface area (Å²) in [6.07, 6.45) is 4.72. The monoisotopic (exact) mass is 430 g/mol. The van der Waals surface area contributed by atoms with Crippen molar-refractivity contribution in [2.45, 2.75) is 0 Å². The number of thiophene rings is 1. The van der Waals surface area contributed by atoms with Crippen molar-refractivity contribution in [2.24, 2.45) is 7.05 Å². The summed E-state index contributed by atoms with van der Waals surface area (Å²) in [4.78, 5) is 33.8. The van der Waals surface area contributed by atoms with Crippen LogP contribution in [0.2, 0.25) is 0 Å². The van der Waals surface area contributed by atoms with Crippen molar-refractivity contribution in [3.8, 4) is 27.9 Å². The molecule has 0 saturated carbocycles. The number of H-pyrrole nitrogens is 1.